The van der Waals surface area contributed by atoms with Gasteiger partial charge in [0.15, 0.2) is 0 Å². The van der Waals surface area contributed by atoms with Gasteiger partial charge in [-0.1, -0.05) is 17.7 Å². The highest BCUT2D eigenvalue weighted by molar-refractivity contribution is 6.33. The summed E-state index contributed by atoms with van der Waals surface area (Å²) in [6, 6.07) is 8.67. The molecule has 6 heteroatoms. The second-order valence-corrected chi connectivity index (χ2v) is 4.93. The number of benzene rings is 1. The Labute approximate surface area is 131 Å². The number of anilines is 1. The van der Waals surface area contributed by atoms with Crippen molar-refractivity contribution in [2.45, 2.75) is 0 Å². The SMILES string of the molecule is COc1ccc(C(=O)Nc2ccncc2Cl)c2cccnc12. The Hall–Kier alpha value is -2.66. The van der Waals surface area contributed by atoms with E-state index in [1.807, 2.05) is 6.07 Å². The number of amides is 1. The molecule has 1 amide bonds. The number of nitrogens with one attached hydrogen (secondary N) is 1. The first-order chi connectivity index (χ1) is 10.7. The maximum absolute atomic E-state index is 12.5. The molecule has 110 valence electrons. The second-order valence-electron chi connectivity index (χ2n) is 4.52. The van der Waals surface area contributed by atoms with Crippen molar-refractivity contribution in [1.29, 1.82) is 0 Å². The van der Waals surface area contributed by atoms with Gasteiger partial charge in [0.05, 0.1) is 17.8 Å². The van der Waals surface area contributed by atoms with Gasteiger partial charge in [-0.15, -0.1) is 0 Å². The third-order valence-electron chi connectivity index (χ3n) is 3.22. The largest absolute Gasteiger partial charge is 0.494 e. The topological polar surface area (TPSA) is 64.1 Å². The van der Waals surface area contributed by atoms with Crippen LogP contribution in [-0.4, -0.2) is 23.0 Å². The van der Waals surface area contributed by atoms with Crippen molar-refractivity contribution in [1.82, 2.24) is 9.97 Å². The molecule has 0 bridgehead atoms. The number of nitrogens with zero attached hydrogens (tertiary/aromatic N) is 2. The monoisotopic (exact) mass is 313 g/mol. The summed E-state index contributed by atoms with van der Waals surface area (Å²) < 4.78 is 5.28. The minimum Gasteiger partial charge on any atom is -0.494 e. The lowest BCUT2D eigenvalue weighted by molar-refractivity contribution is 0.102. The Morgan fingerprint density at radius 3 is 2.86 bits per heavy atom. The van der Waals surface area contributed by atoms with Crippen LogP contribution in [0.3, 0.4) is 0 Å². The van der Waals surface area contributed by atoms with Crippen LogP contribution in [0.25, 0.3) is 10.9 Å². The number of rotatable bonds is 3. The lowest BCUT2D eigenvalue weighted by atomic mass is 10.1. The summed E-state index contributed by atoms with van der Waals surface area (Å²) in [5.41, 5.74) is 1.64. The fourth-order valence-electron chi connectivity index (χ4n) is 2.18. The third kappa shape index (κ3) is 2.58. The fraction of sp³-hybridized carbons (Fsp3) is 0.0625. The molecule has 1 N–H and O–H groups in total. The number of carbonyl (C=O) groups is 1. The van der Waals surface area contributed by atoms with Crippen molar-refractivity contribution in [3.8, 4) is 5.75 Å². The summed E-state index contributed by atoms with van der Waals surface area (Å²) >= 11 is 6.01. The molecule has 5 nitrogen and oxygen atoms in total. The molecule has 2 aromatic heterocycles. The molecule has 0 saturated carbocycles. The first kappa shape index (κ1) is 14.3. The van der Waals surface area contributed by atoms with Crippen molar-refractivity contribution < 1.29 is 9.53 Å². The van der Waals surface area contributed by atoms with Crippen molar-refractivity contribution in [3.63, 3.8) is 0 Å². The van der Waals surface area contributed by atoms with Crippen LogP contribution in [0.1, 0.15) is 10.4 Å². The predicted octanol–water partition coefficient (Wildman–Crippen LogP) is 3.54. The van der Waals surface area contributed by atoms with E-state index < -0.39 is 0 Å². The van der Waals surface area contributed by atoms with Crippen LogP contribution in [0.4, 0.5) is 5.69 Å². The molecule has 0 aliphatic rings. The normalized spacial score (nSPS) is 10.5. The van der Waals surface area contributed by atoms with Gasteiger partial charge in [0.25, 0.3) is 5.91 Å². The van der Waals surface area contributed by atoms with Gasteiger partial charge >= 0.3 is 0 Å². The van der Waals surface area contributed by atoms with E-state index >= 15 is 0 Å². The number of aromatic nitrogens is 2. The number of hydrogen-bond donors (Lipinski definition) is 1. The first-order valence-corrected chi connectivity index (χ1v) is 6.91. The van der Waals surface area contributed by atoms with Gasteiger partial charge in [0.1, 0.15) is 11.3 Å². The number of pyridine rings is 2. The molecule has 2 heterocycles. The number of carbonyl (C=O) groups excluding carboxylic acids is 1. The molecule has 0 fully saturated rings. The van der Waals surface area contributed by atoms with Gasteiger partial charge in [-0.3, -0.25) is 14.8 Å². The van der Waals surface area contributed by atoms with Gasteiger partial charge in [-0.05, 0) is 24.3 Å². The zero-order valence-corrected chi connectivity index (χ0v) is 12.5. The molecule has 0 atom stereocenters. The summed E-state index contributed by atoms with van der Waals surface area (Å²) in [4.78, 5) is 20.7. The molecule has 0 unspecified atom stereocenters. The quantitative estimate of drug-likeness (QED) is 0.803. The highest BCUT2D eigenvalue weighted by atomic mass is 35.5. The van der Waals surface area contributed by atoms with Crippen molar-refractivity contribution in [3.05, 3.63) is 59.5 Å². The third-order valence-corrected chi connectivity index (χ3v) is 3.52. The average molecular weight is 314 g/mol. The van der Waals surface area contributed by atoms with E-state index in [0.29, 0.717) is 32.9 Å². The van der Waals surface area contributed by atoms with Crippen LogP contribution in [0.5, 0.6) is 5.75 Å². The van der Waals surface area contributed by atoms with E-state index in [1.54, 1.807) is 43.8 Å². The number of ether oxygens (including phenoxy) is 1. The van der Waals surface area contributed by atoms with E-state index in [9.17, 15) is 4.79 Å². The minimum absolute atomic E-state index is 0.270. The molecule has 3 rings (SSSR count). The van der Waals surface area contributed by atoms with Gasteiger partial charge in [-0.25, -0.2) is 0 Å². The smallest absolute Gasteiger partial charge is 0.256 e. The van der Waals surface area contributed by atoms with Crippen LogP contribution in [0, 0.1) is 0 Å². The molecule has 0 aliphatic carbocycles. The maximum atomic E-state index is 12.5. The Morgan fingerprint density at radius 1 is 1.23 bits per heavy atom. The molecular formula is C16H12ClN3O2. The van der Waals surface area contributed by atoms with Crippen LogP contribution in [-0.2, 0) is 0 Å². The average Bonchev–Trinajstić information content (AvgIpc) is 2.56. The Morgan fingerprint density at radius 2 is 2.09 bits per heavy atom. The molecule has 0 saturated heterocycles. The van der Waals surface area contributed by atoms with Crippen molar-refractivity contribution in [2.24, 2.45) is 0 Å². The van der Waals surface area contributed by atoms with Gasteiger partial charge in [0, 0.05) is 29.5 Å². The minimum atomic E-state index is -0.270. The molecule has 0 radical (unpaired) electrons. The van der Waals surface area contributed by atoms with E-state index in [0.717, 1.165) is 0 Å². The Bertz CT molecular complexity index is 852. The summed E-state index contributed by atoms with van der Waals surface area (Å²) in [6.45, 7) is 0. The summed E-state index contributed by atoms with van der Waals surface area (Å²) in [5, 5.41) is 3.87. The lowest BCUT2D eigenvalue weighted by Gasteiger charge is -2.10. The Kier molecular flexibility index (Phi) is 3.89. The number of fused-ring (bicyclic) bond motifs is 1. The van der Waals surface area contributed by atoms with Crippen LogP contribution in [0.15, 0.2) is 48.9 Å². The summed E-state index contributed by atoms with van der Waals surface area (Å²) in [6.07, 6.45) is 4.70. The van der Waals surface area contributed by atoms with E-state index in [4.69, 9.17) is 16.3 Å². The van der Waals surface area contributed by atoms with Crippen molar-refractivity contribution in [2.75, 3.05) is 12.4 Å². The molecular weight excluding hydrogens is 302 g/mol. The van der Waals surface area contributed by atoms with Gasteiger partial charge < -0.3 is 10.1 Å². The number of halogens is 1. The van der Waals surface area contributed by atoms with Crippen LogP contribution in [0.2, 0.25) is 5.02 Å². The lowest BCUT2D eigenvalue weighted by Crippen LogP contribution is -2.13. The van der Waals surface area contributed by atoms with Crippen LogP contribution < -0.4 is 10.1 Å². The molecule has 1 aromatic carbocycles. The van der Waals surface area contributed by atoms with E-state index in [2.05, 4.69) is 15.3 Å². The van der Waals surface area contributed by atoms with Gasteiger partial charge in [0.2, 0.25) is 0 Å². The molecule has 3 aromatic rings. The molecule has 22 heavy (non-hydrogen) atoms. The highest BCUT2D eigenvalue weighted by Gasteiger charge is 2.14. The summed E-state index contributed by atoms with van der Waals surface area (Å²) in [7, 11) is 1.57. The first-order valence-electron chi connectivity index (χ1n) is 6.53. The van der Waals surface area contributed by atoms with Crippen LogP contribution >= 0.6 is 11.6 Å². The number of hydrogen-bond acceptors (Lipinski definition) is 4. The second kappa shape index (κ2) is 5.99. The molecule has 0 spiro atoms. The van der Waals surface area contributed by atoms with Crippen molar-refractivity contribution >= 4 is 34.1 Å². The standard InChI is InChI=1S/C16H12ClN3O2/c1-22-14-5-4-11(10-3-2-7-19-15(10)14)16(21)20-13-6-8-18-9-12(13)17/h2-9H,1H3,(H,18,20,21). The fourth-order valence-corrected chi connectivity index (χ4v) is 2.34. The van der Waals surface area contributed by atoms with Gasteiger partial charge in [-0.2, -0.15) is 0 Å². The maximum Gasteiger partial charge on any atom is 0.256 e. The zero-order chi connectivity index (χ0) is 15.5. The Balaban J connectivity index is 2.03. The molecule has 0 aliphatic heterocycles. The predicted molar refractivity (Wildman–Crippen MR) is 85.5 cm³/mol. The number of methoxy groups -OCH3 is 1. The highest BCUT2D eigenvalue weighted by Crippen LogP contribution is 2.27. The van der Waals surface area contributed by atoms with E-state index in [-0.39, 0.29) is 5.91 Å². The summed E-state index contributed by atoms with van der Waals surface area (Å²) in [5.74, 6) is 0.350. The van der Waals surface area contributed by atoms with E-state index in [1.165, 1.54) is 6.20 Å². The zero-order valence-electron chi connectivity index (χ0n) is 11.7.